The van der Waals surface area contributed by atoms with Crippen LogP contribution in [-0.2, 0) is 9.53 Å². The van der Waals surface area contributed by atoms with Gasteiger partial charge >= 0.3 is 5.97 Å². The second-order valence-electron chi connectivity index (χ2n) is 2.71. The Kier molecular flexibility index (Phi) is 6.38. The number of hydrogen-bond acceptors (Lipinski definition) is 3. The van der Waals surface area contributed by atoms with Crippen LogP contribution in [0.25, 0.3) is 0 Å². The standard InChI is InChI=1S/C9H17NO2/c1-4-5-7-10(2)8-6-9(11)12-3/h4H,1,5-8H2,2-3H3. The molecule has 0 radical (unpaired) electrons. The molecule has 3 nitrogen and oxygen atoms in total. The molecule has 0 heterocycles. The highest BCUT2D eigenvalue weighted by Crippen LogP contribution is 1.92. The van der Waals surface area contributed by atoms with Gasteiger partial charge in [0.1, 0.15) is 0 Å². The van der Waals surface area contributed by atoms with Gasteiger partial charge in [-0.1, -0.05) is 6.08 Å². The molecule has 70 valence electrons. The highest BCUT2D eigenvalue weighted by molar-refractivity contribution is 5.69. The van der Waals surface area contributed by atoms with Crippen LogP contribution in [0, 0.1) is 0 Å². The molecule has 0 spiro atoms. The Labute approximate surface area is 74.0 Å². The van der Waals surface area contributed by atoms with Crippen LogP contribution in [-0.4, -0.2) is 38.1 Å². The molecule has 0 aliphatic carbocycles. The van der Waals surface area contributed by atoms with Gasteiger partial charge in [-0.3, -0.25) is 4.79 Å². The molecule has 0 unspecified atom stereocenters. The van der Waals surface area contributed by atoms with Crippen molar-refractivity contribution in [3.63, 3.8) is 0 Å². The van der Waals surface area contributed by atoms with Crippen LogP contribution in [0.2, 0.25) is 0 Å². The molecule has 0 aliphatic rings. The van der Waals surface area contributed by atoms with E-state index in [1.54, 1.807) is 0 Å². The summed E-state index contributed by atoms with van der Waals surface area (Å²) in [5, 5.41) is 0. The predicted molar refractivity (Wildman–Crippen MR) is 48.9 cm³/mol. The van der Waals surface area contributed by atoms with Crippen LogP contribution in [0.5, 0.6) is 0 Å². The van der Waals surface area contributed by atoms with Gasteiger partial charge in [0.25, 0.3) is 0 Å². The van der Waals surface area contributed by atoms with Crippen LogP contribution in [0.4, 0.5) is 0 Å². The molecule has 0 aromatic heterocycles. The summed E-state index contributed by atoms with van der Waals surface area (Å²) in [6, 6.07) is 0. The molecule has 0 aliphatic heterocycles. The zero-order valence-electron chi connectivity index (χ0n) is 7.88. The molecule has 0 bridgehead atoms. The smallest absolute Gasteiger partial charge is 0.306 e. The van der Waals surface area contributed by atoms with Crippen LogP contribution < -0.4 is 0 Å². The van der Waals surface area contributed by atoms with Gasteiger partial charge in [-0.05, 0) is 13.5 Å². The first-order valence-corrected chi connectivity index (χ1v) is 4.07. The second kappa shape index (κ2) is 6.85. The zero-order valence-corrected chi connectivity index (χ0v) is 7.88. The topological polar surface area (TPSA) is 29.5 Å². The van der Waals surface area contributed by atoms with Crippen LogP contribution in [0.1, 0.15) is 12.8 Å². The summed E-state index contributed by atoms with van der Waals surface area (Å²) in [5.41, 5.74) is 0. The quantitative estimate of drug-likeness (QED) is 0.442. The van der Waals surface area contributed by atoms with E-state index >= 15 is 0 Å². The van der Waals surface area contributed by atoms with Crippen molar-refractivity contribution in [3.8, 4) is 0 Å². The lowest BCUT2D eigenvalue weighted by molar-refractivity contribution is -0.140. The number of hydrogen-bond donors (Lipinski definition) is 0. The highest BCUT2D eigenvalue weighted by atomic mass is 16.5. The SMILES string of the molecule is C=CCCN(C)CCC(=O)OC. The fourth-order valence-corrected chi connectivity index (χ4v) is 0.808. The maximum Gasteiger partial charge on any atom is 0.306 e. The molecule has 0 amide bonds. The van der Waals surface area contributed by atoms with Gasteiger partial charge in [0, 0.05) is 13.1 Å². The zero-order chi connectivity index (χ0) is 9.40. The second-order valence-corrected chi connectivity index (χ2v) is 2.71. The average molecular weight is 171 g/mol. The Morgan fingerprint density at radius 3 is 2.75 bits per heavy atom. The first-order chi connectivity index (χ1) is 5.70. The molecule has 0 aromatic rings. The van der Waals surface area contributed by atoms with Crippen molar-refractivity contribution in [2.24, 2.45) is 0 Å². The molecule has 12 heavy (non-hydrogen) atoms. The molecule has 0 rings (SSSR count). The highest BCUT2D eigenvalue weighted by Gasteiger charge is 2.02. The Balaban J connectivity index is 3.36. The lowest BCUT2D eigenvalue weighted by Gasteiger charge is -2.13. The third-order valence-electron chi connectivity index (χ3n) is 1.64. The summed E-state index contributed by atoms with van der Waals surface area (Å²) < 4.78 is 4.52. The van der Waals surface area contributed by atoms with E-state index < -0.39 is 0 Å². The van der Waals surface area contributed by atoms with Gasteiger partial charge < -0.3 is 9.64 Å². The summed E-state index contributed by atoms with van der Waals surface area (Å²) >= 11 is 0. The van der Waals surface area contributed by atoms with E-state index in [2.05, 4.69) is 16.2 Å². The number of ether oxygens (including phenoxy) is 1. The maximum atomic E-state index is 10.7. The fraction of sp³-hybridized carbons (Fsp3) is 0.667. The van der Waals surface area contributed by atoms with Gasteiger partial charge in [0.15, 0.2) is 0 Å². The van der Waals surface area contributed by atoms with Crippen LogP contribution >= 0.6 is 0 Å². The van der Waals surface area contributed by atoms with Crippen molar-refractivity contribution < 1.29 is 9.53 Å². The number of methoxy groups -OCH3 is 1. The summed E-state index contributed by atoms with van der Waals surface area (Å²) in [7, 11) is 3.39. The van der Waals surface area contributed by atoms with Crippen molar-refractivity contribution in [2.75, 3.05) is 27.2 Å². The van der Waals surface area contributed by atoms with E-state index in [-0.39, 0.29) is 5.97 Å². The van der Waals surface area contributed by atoms with Crippen molar-refractivity contribution >= 4 is 5.97 Å². The van der Waals surface area contributed by atoms with E-state index in [1.165, 1.54) is 7.11 Å². The summed E-state index contributed by atoms with van der Waals surface area (Å²) in [6.07, 6.45) is 3.29. The molecule has 0 saturated heterocycles. The van der Waals surface area contributed by atoms with Crippen molar-refractivity contribution in [1.82, 2.24) is 4.90 Å². The third-order valence-corrected chi connectivity index (χ3v) is 1.64. The molecular weight excluding hydrogens is 154 g/mol. The van der Waals surface area contributed by atoms with Crippen molar-refractivity contribution in [2.45, 2.75) is 12.8 Å². The minimum atomic E-state index is -0.152. The summed E-state index contributed by atoms with van der Waals surface area (Å²) in [5.74, 6) is -0.152. The molecule has 0 fully saturated rings. The van der Waals surface area contributed by atoms with Gasteiger partial charge in [-0.15, -0.1) is 6.58 Å². The summed E-state index contributed by atoms with van der Waals surface area (Å²) in [4.78, 5) is 12.8. The third kappa shape index (κ3) is 5.92. The Hall–Kier alpha value is -0.830. The average Bonchev–Trinajstić information content (AvgIpc) is 2.10. The van der Waals surface area contributed by atoms with E-state index in [0.29, 0.717) is 6.42 Å². The molecular formula is C9H17NO2. The Bertz CT molecular complexity index is 145. The number of rotatable bonds is 6. The Morgan fingerprint density at radius 1 is 1.58 bits per heavy atom. The lowest BCUT2D eigenvalue weighted by atomic mass is 10.3. The minimum Gasteiger partial charge on any atom is -0.469 e. The van der Waals surface area contributed by atoms with Gasteiger partial charge in [-0.25, -0.2) is 0 Å². The largest absolute Gasteiger partial charge is 0.469 e. The number of esters is 1. The van der Waals surface area contributed by atoms with Gasteiger partial charge in [-0.2, -0.15) is 0 Å². The van der Waals surface area contributed by atoms with Crippen molar-refractivity contribution in [3.05, 3.63) is 12.7 Å². The monoisotopic (exact) mass is 171 g/mol. The van der Waals surface area contributed by atoms with E-state index in [0.717, 1.165) is 19.5 Å². The molecule has 3 heteroatoms. The maximum absolute atomic E-state index is 10.7. The number of carbonyl (C=O) groups is 1. The molecule has 0 N–H and O–H groups in total. The van der Waals surface area contributed by atoms with Crippen LogP contribution in [0.3, 0.4) is 0 Å². The molecule has 0 atom stereocenters. The number of nitrogens with zero attached hydrogens (tertiary/aromatic N) is 1. The summed E-state index contributed by atoms with van der Waals surface area (Å²) in [6.45, 7) is 5.32. The molecule has 0 aromatic carbocycles. The predicted octanol–water partition coefficient (Wildman–Crippen LogP) is 1.06. The van der Waals surface area contributed by atoms with Gasteiger partial charge in [0.05, 0.1) is 13.5 Å². The first kappa shape index (κ1) is 11.2. The lowest BCUT2D eigenvalue weighted by Crippen LogP contribution is -2.23. The number of carbonyl (C=O) groups excluding carboxylic acids is 1. The van der Waals surface area contributed by atoms with Gasteiger partial charge in [0.2, 0.25) is 0 Å². The first-order valence-electron chi connectivity index (χ1n) is 4.07. The normalized spacial score (nSPS) is 9.92. The fourth-order valence-electron chi connectivity index (χ4n) is 0.808. The molecule has 0 saturated carbocycles. The Morgan fingerprint density at radius 2 is 2.25 bits per heavy atom. The van der Waals surface area contributed by atoms with E-state index in [4.69, 9.17) is 0 Å². The van der Waals surface area contributed by atoms with E-state index in [1.807, 2.05) is 13.1 Å². The minimum absolute atomic E-state index is 0.152. The van der Waals surface area contributed by atoms with Crippen molar-refractivity contribution in [1.29, 1.82) is 0 Å². The van der Waals surface area contributed by atoms with E-state index in [9.17, 15) is 4.79 Å². The van der Waals surface area contributed by atoms with Crippen LogP contribution in [0.15, 0.2) is 12.7 Å².